The molecule has 170 valence electrons. The van der Waals surface area contributed by atoms with Crippen LogP contribution in [0.1, 0.15) is 47.8 Å². The number of nitrogens with two attached hydrogens (primary N) is 1. The molecule has 0 fully saturated rings. The number of thioether (sulfide) groups is 1. The number of nitrogens with zero attached hydrogens (tertiary/aromatic N) is 4. The van der Waals surface area contributed by atoms with Crippen LogP contribution >= 0.6 is 23.4 Å². The Labute approximate surface area is 197 Å². The molecule has 0 radical (unpaired) electrons. The first-order valence-electron chi connectivity index (χ1n) is 10.5. The van der Waals surface area contributed by atoms with E-state index in [9.17, 15) is 9.59 Å². The molecule has 3 aromatic rings. The topological polar surface area (TPSA) is 95.8 Å². The van der Waals surface area contributed by atoms with Gasteiger partial charge in [0.2, 0.25) is 5.91 Å². The minimum absolute atomic E-state index is 0.0288. The van der Waals surface area contributed by atoms with Crippen molar-refractivity contribution in [1.82, 2.24) is 19.3 Å². The predicted molar refractivity (Wildman–Crippen MR) is 128 cm³/mol. The standard InChI is InChI=1S/C23H28ClN5O2S/c1-14(2)12-28-22(10-9-21(25)31)26-27-23(28)32-13-20(30)19-11-15(3)29(16(19)4)18-7-5-17(24)6-8-18/h5-8,11,14H,9-10,12-13H2,1-4H3,(H2,25,31). The van der Waals surface area contributed by atoms with E-state index in [-0.39, 0.29) is 23.9 Å². The van der Waals surface area contributed by atoms with E-state index in [1.165, 1.54) is 11.8 Å². The predicted octanol–water partition coefficient (Wildman–Crippen LogP) is 4.39. The summed E-state index contributed by atoms with van der Waals surface area (Å²) in [6, 6.07) is 9.47. The fourth-order valence-electron chi connectivity index (χ4n) is 3.63. The summed E-state index contributed by atoms with van der Waals surface area (Å²) >= 11 is 7.38. The number of primary amides is 1. The number of rotatable bonds is 10. The molecule has 0 unspecified atom stereocenters. The number of aromatic nitrogens is 4. The van der Waals surface area contributed by atoms with Crippen LogP contribution in [0.2, 0.25) is 5.02 Å². The molecular weight excluding hydrogens is 446 g/mol. The number of benzene rings is 1. The molecule has 0 spiro atoms. The number of hydrogen-bond acceptors (Lipinski definition) is 5. The second kappa shape index (κ2) is 10.4. The number of hydrogen-bond donors (Lipinski definition) is 1. The zero-order chi connectivity index (χ0) is 23.4. The lowest BCUT2D eigenvalue weighted by molar-refractivity contribution is -0.118. The lowest BCUT2D eigenvalue weighted by atomic mass is 10.2. The maximum Gasteiger partial charge on any atom is 0.217 e. The van der Waals surface area contributed by atoms with Gasteiger partial charge in [0.1, 0.15) is 5.82 Å². The third-order valence-corrected chi connectivity index (χ3v) is 6.30. The summed E-state index contributed by atoms with van der Waals surface area (Å²) in [4.78, 5) is 24.2. The second-order valence-electron chi connectivity index (χ2n) is 8.18. The molecule has 7 nitrogen and oxygen atoms in total. The van der Waals surface area contributed by atoms with Crippen LogP contribution in [0, 0.1) is 19.8 Å². The Bertz CT molecular complexity index is 1120. The summed E-state index contributed by atoms with van der Waals surface area (Å²) in [6.07, 6.45) is 0.655. The van der Waals surface area contributed by atoms with Gasteiger partial charge >= 0.3 is 0 Å². The minimum atomic E-state index is -0.371. The van der Waals surface area contributed by atoms with E-state index in [1.54, 1.807) is 0 Å². The first kappa shape index (κ1) is 24.1. The van der Waals surface area contributed by atoms with Crippen molar-refractivity contribution < 1.29 is 9.59 Å². The third kappa shape index (κ3) is 5.61. The highest BCUT2D eigenvalue weighted by Crippen LogP contribution is 2.25. The van der Waals surface area contributed by atoms with Crippen molar-refractivity contribution in [3.63, 3.8) is 0 Å². The molecule has 2 N–H and O–H groups in total. The van der Waals surface area contributed by atoms with Gasteiger partial charge in [0.15, 0.2) is 10.9 Å². The fourth-order valence-corrected chi connectivity index (χ4v) is 4.61. The first-order valence-corrected chi connectivity index (χ1v) is 11.8. The Balaban J connectivity index is 1.78. The summed E-state index contributed by atoms with van der Waals surface area (Å²) in [7, 11) is 0. The largest absolute Gasteiger partial charge is 0.370 e. The van der Waals surface area contributed by atoms with E-state index in [0.29, 0.717) is 40.5 Å². The third-order valence-electron chi connectivity index (χ3n) is 5.08. The van der Waals surface area contributed by atoms with Gasteiger partial charge < -0.3 is 14.9 Å². The number of carbonyl (C=O) groups is 2. The summed E-state index contributed by atoms with van der Waals surface area (Å²) in [5, 5.41) is 9.85. The van der Waals surface area contributed by atoms with Gasteiger partial charge in [-0.25, -0.2) is 0 Å². The summed E-state index contributed by atoms with van der Waals surface area (Å²) in [5.74, 6) is 0.988. The molecule has 0 bridgehead atoms. The molecular formula is C23H28ClN5O2S. The fraction of sp³-hybridized carbons (Fsp3) is 0.391. The number of aryl methyl sites for hydroxylation is 2. The minimum Gasteiger partial charge on any atom is -0.370 e. The van der Waals surface area contributed by atoms with E-state index in [2.05, 4.69) is 28.6 Å². The molecule has 1 amide bonds. The van der Waals surface area contributed by atoms with Crippen LogP contribution in [-0.2, 0) is 17.8 Å². The van der Waals surface area contributed by atoms with Gasteiger partial charge in [0.25, 0.3) is 0 Å². The van der Waals surface area contributed by atoms with Crippen molar-refractivity contribution in [2.45, 2.75) is 52.2 Å². The number of halogens is 1. The van der Waals surface area contributed by atoms with E-state index >= 15 is 0 Å². The van der Waals surface area contributed by atoms with E-state index < -0.39 is 0 Å². The van der Waals surface area contributed by atoms with Crippen molar-refractivity contribution in [3.8, 4) is 5.69 Å². The zero-order valence-electron chi connectivity index (χ0n) is 18.8. The molecule has 0 aliphatic carbocycles. The van der Waals surface area contributed by atoms with Gasteiger partial charge in [-0.05, 0) is 50.1 Å². The highest BCUT2D eigenvalue weighted by Gasteiger charge is 2.20. The van der Waals surface area contributed by atoms with Crippen molar-refractivity contribution in [1.29, 1.82) is 0 Å². The Morgan fingerprint density at radius 3 is 2.47 bits per heavy atom. The van der Waals surface area contributed by atoms with Crippen molar-refractivity contribution >= 4 is 35.1 Å². The van der Waals surface area contributed by atoms with Crippen LogP contribution in [0.15, 0.2) is 35.5 Å². The molecule has 0 aliphatic heterocycles. The average molecular weight is 474 g/mol. The molecule has 0 saturated carbocycles. The Hall–Kier alpha value is -2.58. The van der Waals surface area contributed by atoms with Crippen LogP contribution in [0.25, 0.3) is 5.69 Å². The van der Waals surface area contributed by atoms with Gasteiger partial charge in [-0.2, -0.15) is 0 Å². The molecule has 9 heteroatoms. The monoisotopic (exact) mass is 473 g/mol. The van der Waals surface area contributed by atoms with Crippen LogP contribution in [0.3, 0.4) is 0 Å². The molecule has 32 heavy (non-hydrogen) atoms. The normalized spacial score (nSPS) is 11.3. The summed E-state index contributed by atoms with van der Waals surface area (Å²) in [6.45, 7) is 8.84. The summed E-state index contributed by atoms with van der Waals surface area (Å²) < 4.78 is 4.04. The van der Waals surface area contributed by atoms with Gasteiger partial charge in [-0.15, -0.1) is 10.2 Å². The van der Waals surface area contributed by atoms with E-state index in [4.69, 9.17) is 17.3 Å². The lowest BCUT2D eigenvalue weighted by Gasteiger charge is -2.12. The number of Topliss-reactive ketones (excluding diaryl/α,β-unsaturated/α-hetero) is 1. The quantitative estimate of drug-likeness (QED) is 0.348. The number of ketones is 1. The van der Waals surface area contributed by atoms with Gasteiger partial charge in [-0.1, -0.05) is 37.2 Å². The van der Waals surface area contributed by atoms with Crippen molar-refractivity contribution in [3.05, 3.63) is 58.1 Å². The molecule has 1 aromatic carbocycles. The van der Waals surface area contributed by atoms with Gasteiger partial charge in [0.05, 0.1) is 5.75 Å². The molecule has 2 aromatic heterocycles. The first-order chi connectivity index (χ1) is 15.2. The Morgan fingerprint density at radius 1 is 1.16 bits per heavy atom. The van der Waals surface area contributed by atoms with Crippen LogP contribution in [-0.4, -0.2) is 36.8 Å². The zero-order valence-corrected chi connectivity index (χ0v) is 20.3. The number of carbonyl (C=O) groups excluding carboxylic acids is 2. The highest BCUT2D eigenvalue weighted by atomic mass is 35.5. The smallest absolute Gasteiger partial charge is 0.217 e. The average Bonchev–Trinajstić information content (AvgIpc) is 3.24. The van der Waals surface area contributed by atoms with E-state index in [0.717, 1.165) is 17.1 Å². The maximum atomic E-state index is 13.1. The highest BCUT2D eigenvalue weighted by molar-refractivity contribution is 7.99. The number of amides is 1. The SMILES string of the molecule is Cc1cc(C(=O)CSc2nnc(CCC(N)=O)n2CC(C)C)c(C)n1-c1ccc(Cl)cc1. The van der Waals surface area contributed by atoms with E-state index in [1.807, 2.05) is 48.7 Å². The molecule has 0 atom stereocenters. The molecule has 0 aliphatic rings. The van der Waals surface area contributed by atoms with Crippen LogP contribution < -0.4 is 5.73 Å². The maximum absolute atomic E-state index is 13.1. The van der Waals surface area contributed by atoms with Crippen molar-refractivity contribution in [2.24, 2.45) is 11.7 Å². The van der Waals surface area contributed by atoms with Crippen molar-refractivity contribution in [2.75, 3.05) is 5.75 Å². The summed E-state index contributed by atoms with van der Waals surface area (Å²) in [5.41, 5.74) is 8.81. The molecule has 3 rings (SSSR count). The van der Waals surface area contributed by atoms with Gasteiger partial charge in [0, 0.05) is 47.0 Å². The van der Waals surface area contributed by atoms with Gasteiger partial charge in [-0.3, -0.25) is 9.59 Å². The van der Waals surface area contributed by atoms with Crippen LogP contribution in [0.5, 0.6) is 0 Å². The Morgan fingerprint density at radius 2 is 1.84 bits per heavy atom. The molecule has 2 heterocycles. The Kier molecular flexibility index (Phi) is 7.79. The molecule has 0 saturated heterocycles. The van der Waals surface area contributed by atoms with Crippen LogP contribution in [0.4, 0.5) is 0 Å². The second-order valence-corrected chi connectivity index (χ2v) is 9.56. The lowest BCUT2D eigenvalue weighted by Crippen LogP contribution is -2.15.